The second kappa shape index (κ2) is 19.4. The zero-order chi connectivity index (χ0) is 42.5. The minimum absolute atomic E-state index is 0.102. The van der Waals surface area contributed by atoms with Crippen LogP contribution in [-0.4, -0.2) is 117 Å². The van der Waals surface area contributed by atoms with Crippen LogP contribution >= 0.6 is 11.6 Å². The molecule has 4 unspecified atom stereocenters. The molecule has 4 fully saturated rings. The number of likely N-dealkylation sites (tertiary alicyclic amines) is 1. The SMILES string of the molecule is CC1CNCC1c1nn2c(C3CCOCC3)ncc2c(=O)[nH]1.Cc1ccnc(CCl)n1.Cc1ccnc(CN2CC(C)C(c3nn4c(C5CCOCC5)ncc4c(=O)[nH]3)C2)n1. The van der Waals surface area contributed by atoms with Crippen LogP contribution in [0.3, 0.4) is 0 Å². The number of nitrogens with zero attached hydrogens (tertiary/aromatic N) is 11. The zero-order valence-electron chi connectivity index (χ0n) is 35.3. The van der Waals surface area contributed by atoms with Gasteiger partial charge in [0, 0.05) is 93.5 Å². The molecule has 61 heavy (non-hydrogen) atoms. The molecule has 10 rings (SSSR count). The molecule has 19 heteroatoms. The summed E-state index contributed by atoms with van der Waals surface area (Å²) in [5.74, 6) is 7.01. The van der Waals surface area contributed by atoms with E-state index in [4.69, 9.17) is 31.3 Å². The fourth-order valence-corrected chi connectivity index (χ4v) is 8.87. The lowest BCUT2D eigenvalue weighted by atomic mass is 9.97. The van der Waals surface area contributed by atoms with Crippen LogP contribution in [0.4, 0.5) is 0 Å². The summed E-state index contributed by atoms with van der Waals surface area (Å²) in [5.41, 5.74) is 2.75. The van der Waals surface area contributed by atoms with Gasteiger partial charge in [0.25, 0.3) is 11.1 Å². The molecule has 18 nitrogen and oxygen atoms in total. The number of imidazole rings is 2. The summed E-state index contributed by atoms with van der Waals surface area (Å²) in [6.07, 6.45) is 10.5. The van der Waals surface area contributed by atoms with Crippen LogP contribution in [0.15, 0.2) is 46.5 Å². The Bertz CT molecular complexity index is 2530. The Morgan fingerprint density at radius 3 is 1.70 bits per heavy atom. The summed E-state index contributed by atoms with van der Waals surface area (Å²) >= 11 is 5.47. The zero-order valence-corrected chi connectivity index (χ0v) is 36.0. The number of hydrogen-bond donors (Lipinski definition) is 3. The van der Waals surface area contributed by atoms with Gasteiger partial charge >= 0.3 is 0 Å². The second-order valence-electron chi connectivity index (χ2n) is 16.7. The largest absolute Gasteiger partial charge is 0.381 e. The lowest BCUT2D eigenvalue weighted by Gasteiger charge is -2.21. The van der Waals surface area contributed by atoms with Crippen molar-refractivity contribution >= 4 is 22.6 Å². The van der Waals surface area contributed by atoms with Gasteiger partial charge in [-0.2, -0.15) is 10.2 Å². The van der Waals surface area contributed by atoms with Crippen LogP contribution in [0.25, 0.3) is 11.0 Å². The number of H-pyrrole nitrogens is 2. The van der Waals surface area contributed by atoms with E-state index in [1.807, 2.05) is 26.0 Å². The summed E-state index contributed by atoms with van der Waals surface area (Å²) in [6, 6.07) is 3.75. The molecule has 0 radical (unpaired) electrons. The van der Waals surface area contributed by atoms with Crippen molar-refractivity contribution in [2.24, 2.45) is 11.8 Å². The maximum absolute atomic E-state index is 12.8. The van der Waals surface area contributed by atoms with E-state index in [1.54, 1.807) is 33.8 Å². The molecular weight excluding hydrogens is 800 g/mol. The predicted molar refractivity (Wildman–Crippen MR) is 228 cm³/mol. The van der Waals surface area contributed by atoms with Crippen LogP contribution in [0.1, 0.15) is 110 Å². The van der Waals surface area contributed by atoms with Gasteiger partial charge in [-0.25, -0.2) is 38.9 Å². The summed E-state index contributed by atoms with van der Waals surface area (Å²) in [4.78, 5) is 59.3. The number of ether oxygens (including phenoxy) is 2. The van der Waals surface area contributed by atoms with Crippen LogP contribution < -0.4 is 16.4 Å². The molecule has 6 aromatic rings. The molecule has 10 heterocycles. The Labute approximate surface area is 358 Å². The molecular formula is C42H55ClN14O4. The molecule has 4 atom stereocenters. The number of aromatic nitrogens is 12. The van der Waals surface area contributed by atoms with Crippen molar-refractivity contribution in [2.75, 3.05) is 52.6 Å². The molecule has 4 aliphatic rings. The summed E-state index contributed by atoms with van der Waals surface area (Å²) in [6.45, 7) is 15.5. The third-order valence-corrected chi connectivity index (χ3v) is 12.4. The number of halogens is 1. The fraction of sp³-hybridized carbons (Fsp3) is 0.571. The topological polar surface area (TPSA) is 211 Å². The average Bonchev–Trinajstić information content (AvgIpc) is 4.08. The fourth-order valence-electron chi connectivity index (χ4n) is 8.74. The van der Waals surface area contributed by atoms with Gasteiger partial charge in [0.1, 0.15) is 34.9 Å². The minimum Gasteiger partial charge on any atom is -0.381 e. The molecule has 3 N–H and O–H groups in total. The maximum atomic E-state index is 12.8. The second-order valence-corrected chi connectivity index (χ2v) is 16.9. The van der Waals surface area contributed by atoms with Gasteiger partial charge < -0.3 is 24.8 Å². The third-order valence-electron chi connectivity index (χ3n) is 12.1. The monoisotopic (exact) mass is 854 g/mol. The van der Waals surface area contributed by atoms with Gasteiger partial charge in [0.05, 0.1) is 24.8 Å². The van der Waals surface area contributed by atoms with Gasteiger partial charge in [-0.15, -0.1) is 11.6 Å². The number of rotatable bonds is 7. The van der Waals surface area contributed by atoms with Crippen molar-refractivity contribution < 1.29 is 9.47 Å². The van der Waals surface area contributed by atoms with E-state index in [9.17, 15) is 9.59 Å². The minimum atomic E-state index is -0.126. The Hall–Kier alpha value is -5.01. The van der Waals surface area contributed by atoms with Crippen LogP contribution in [-0.2, 0) is 21.9 Å². The van der Waals surface area contributed by atoms with E-state index in [0.29, 0.717) is 47.0 Å². The molecule has 0 spiro atoms. The van der Waals surface area contributed by atoms with E-state index in [1.165, 1.54) is 0 Å². The Balaban J connectivity index is 0.000000144. The highest BCUT2D eigenvalue weighted by Crippen LogP contribution is 2.32. The average molecular weight is 855 g/mol. The third kappa shape index (κ3) is 9.88. The molecule has 0 aromatic carbocycles. The van der Waals surface area contributed by atoms with Gasteiger partial charge in [0.2, 0.25) is 0 Å². The van der Waals surface area contributed by atoms with Crippen LogP contribution in [0, 0.1) is 25.7 Å². The number of alkyl halides is 1. The van der Waals surface area contributed by atoms with Crippen LogP contribution in [0.5, 0.6) is 0 Å². The number of nitrogens with one attached hydrogen (secondary N) is 3. The maximum Gasteiger partial charge on any atom is 0.276 e. The van der Waals surface area contributed by atoms with Gasteiger partial charge in [-0.05, 0) is 70.0 Å². The van der Waals surface area contributed by atoms with Gasteiger partial charge in [-0.3, -0.25) is 14.5 Å². The Kier molecular flexibility index (Phi) is 13.5. The van der Waals surface area contributed by atoms with Gasteiger partial charge in [-0.1, -0.05) is 13.8 Å². The highest BCUT2D eigenvalue weighted by atomic mass is 35.5. The highest BCUT2D eigenvalue weighted by Gasteiger charge is 2.34. The molecule has 0 aliphatic carbocycles. The lowest BCUT2D eigenvalue weighted by Crippen LogP contribution is -2.24. The molecule has 4 saturated heterocycles. The smallest absolute Gasteiger partial charge is 0.276 e. The predicted octanol–water partition coefficient (Wildman–Crippen LogP) is 3.80. The number of aromatic amines is 2. The van der Waals surface area contributed by atoms with Crippen LogP contribution in [0.2, 0.25) is 0 Å². The van der Waals surface area contributed by atoms with Crippen molar-refractivity contribution in [1.82, 2.24) is 69.3 Å². The van der Waals surface area contributed by atoms with E-state index in [2.05, 4.69) is 63.9 Å². The molecule has 4 aliphatic heterocycles. The normalized spacial score (nSPS) is 22.6. The molecule has 0 amide bonds. The van der Waals surface area contributed by atoms with Gasteiger partial charge in [0.15, 0.2) is 11.0 Å². The van der Waals surface area contributed by atoms with Crippen molar-refractivity contribution in [3.8, 4) is 0 Å². The summed E-state index contributed by atoms with van der Waals surface area (Å²) in [7, 11) is 0. The Morgan fingerprint density at radius 2 is 1.21 bits per heavy atom. The summed E-state index contributed by atoms with van der Waals surface area (Å²) in [5, 5.41) is 12.9. The van der Waals surface area contributed by atoms with Crippen molar-refractivity contribution in [3.05, 3.63) is 104 Å². The van der Waals surface area contributed by atoms with Crippen molar-refractivity contribution in [3.63, 3.8) is 0 Å². The molecule has 0 saturated carbocycles. The number of hydrogen-bond acceptors (Lipinski definition) is 14. The Morgan fingerprint density at radius 1 is 0.689 bits per heavy atom. The van der Waals surface area contributed by atoms with E-state index in [-0.39, 0.29) is 28.9 Å². The first kappa shape index (κ1) is 42.7. The van der Waals surface area contributed by atoms with Crippen molar-refractivity contribution in [1.29, 1.82) is 0 Å². The molecule has 324 valence electrons. The molecule has 6 aromatic heterocycles. The molecule has 0 bridgehead atoms. The van der Waals surface area contributed by atoms with E-state index in [0.717, 1.165) is 119 Å². The quantitative estimate of drug-likeness (QED) is 0.195. The summed E-state index contributed by atoms with van der Waals surface area (Å²) < 4.78 is 14.4. The first-order valence-corrected chi connectivity index (χ1v) is 21.9. The van der Waals surface area contributed by atoms with E-state index >= 15 is 0 Å². The van der Waals surface area contributed by atoms with Crippen molar-refractivity contribution in [2.45, 2.75) is 89.5 Å². The highest BCUT2D eigenvalue weighted by molar-refractivity contribution is 6.16. The van der Waals surface area contributed by atoms with E-state index < -0.39 is 0 Å². The number of aryl methyl sites for hydroxylation is 2. The number of fused-ring (bicyclic) bond motifs is 2. The first-order chi connectivity index (χ1) is 29.6. The lowest BCUT2D eigenvalue weighted by molar-refractivity contribution is 0.0831. The standard InChI is InChI=1S/C21H27N7O2.C15H21N5O2.C6H7ClN2/c1-13-10-27(12-18-22-6-3-14(2)24-18)11-16(13)19-25-21(29)17-9-23-20(28(17)26-19)15-4-7-30-8-5-15;1-9-6-16-7-11(9)13-18-15(21)12-8-17-14(20(12)19-13)10-2-4-22-5-3-10;1-5-2-3-8-6(4-7)9-5/h3,6,9,13,15-16H,4-5,7-8,10-12H2,1-2H3,(H,25,26,29);8-11,16H,2-7H2,1H3,(H,18,19,21);2-3H,4H2,1H3. The first-order valence-electron chi connectivity index (χ1n) is 21.3.